The Morgan fingerprint density at radius 3 is 2.64 bits per heavy atom. The molecule has 0 radical (unpaired) electrons. The summed E-state index contributed by atoms with van der Waals surface area (Å²) in [5.74, 6) is 0.901. The summed E-state index contributed by atoms with van der Waals surface area (Å²) >= 11 is 0. The van der Waals surface area contributed by atoms with Gasteiger partial charge in [0.15, 0.2) is 0 Å². The van der Waals surface area contributed by atoms with E-state index in [-0.39, 0.29) is 0 Å². The Hall–Kier alpha value is -1.25. The largest absolute Gasteiger partial charge is 0.384 e. The van der Waals surface area contributed by atoms with Gasteiger partial charge in [0.05, 0.1) is 23.8 Å². The van der Waals surface area contributed by atoms with Crippen LogP contribution in [0.25, 0.3) is 0 Å². The first-order chi connectivity index (χ1) is 6.88. The summed E-state index contributed by atoms with van der Waals surface area (Å²) in [6.07, 6.45) is 6.50. The van der Waals surface area contributed by atoms with Crippen molar-refractivity contribution in [2.75, 3.05) is 23.7 Å². The zero-order chi connectivity index (χ0) is 9.80. The van der Waals surface area contributed by atoms with Crippen molar-refractivity contribution in [2.24, 2.45) is 5.92 Å². The molecule has 3 heteroatoms. The van der Waals surface area contributed by atoms with Crippen LogP contribution in [0.4, 0.5) is 11.4 Å². The molecule has 1 saturated carbocycles. The standard InChI is InChI=1S/C11H17N3/c1-2-13-10-5-11(8-12-7-10)14-6-9-3-4-9/h5,7-9,13-14H,2-4,6H2,1H3. The fourth-order valence-electron chi connectivity index (χ4n) is 1.42. The van der Waals surface area contributed by atoms with E-state index in [0.717, 1.165) is 30.4 Å². The van der Waals surface area contributed by atoms with E-state index < -0.39 is 0 Å². The number of rotatable bonds is 5. The third-order valence-electron chi connectivity index (χ3n) is 2.41. The topological polar surface area (TPSA) is 37.0 Å². The van der Waals surface area contributed by atoms with Crippen LogP contribution < -0.4 is 10.6 Å². The van der Waals surface area contributed by atoms with Crippen LogP contribution in [0, 0.1) is 5.92 Å². The summed E-state index contributed by atoms with van der Waals surface area (Å²) in [6, 6.07) is 2.11. The predicted octanol–water partition coefficient (Wildman–Crippen LogP) is 2.34. The monoisotopic (exact) mass is 191 g/mol. The minimum absolute atomic E-state index is 0.901. The van der Waals surface area contributed by atoms with Crippen molar-refractivity contribution in [3.8, 4) is 0 Å². The first-order valence-corrected chi connectivity index (χ1v) is 5.31. The lowest BCUT2D eigenvalue weighted by Crippen LogP contribution is -2.04. The minimum Gasteiger partial charge on any atom is -0.384 e. The smallest absolute Gasteiger partial charge is 0.0547 e. The normalized spacial score (nSPS) is 15.2. The Kier molecular flexibility index (Phi) is 2.87. The average Bonchev–Trinajstić information content (AvgIpc) is 2.99. The molecular formula is C11H17N3. The Bertz CT molecular complexity index is 294. The van der Waals surface area contributed by atoms with E-state index in [1.54, 1.807) is 0 Å². The van der Waals surface area contributed by atoms with Crippen LogP contribution in [0.1, 0.15) is 19.8 Å². The van der Waals surface area contributed by atoms with Crippen LogP contribution in [0.2, 0.25) is 0 Å². The average molecular weight is 191 g/mol. The molecule has 1 fully saturated rings. The number of hydrogen-bond donors (Lipinski definition) is 2. The molecule has 1 aromatic heterocycles. The van der Waals surface area contributed by atoms with Gasteiger partial charge in [-0.15, -0.1) is 0 Å². The summed E-state index contributed by atoms with van der Waals surface area (Å²) in [5, 5.41) is 6.65. The maximum atomic E-state index is 4.18. The maximum Gasteiger partial charge on any atom is 0.0547 e. The molecule has 1 heterocycles. The van der Waals surface area contributed by atoms with Gasteiger partial charge in [0.2, 0.25) is 0 Å². The highest BCUT2D eigenvalue weighted by Crippen LogP contribution is 2.29. The molecule has 76 valence electrons. The third kappa shape index (κ3) is 2.62. The first-order valence-electron chi connectivity index (χ1n) is 5.31. The maximum absolute atomic E-state index is 4.18. The molecule has 1 aliphatic carbocycles. The van der Waals surface area contributed by atoms with Crippen molar-refractivity contribution < 1.29 is 0 Å². The van der Waals surface area contributed by atoms with Crippen LogP contribution >= 0.6 is 0 Å². The Morgan fingerprint density at radius 1 is 1.29 bits per heavy atom. The number of pyridine rings is 1. The predicted molar refractivity (Wildman–Crippen MR) is 59.6 cm³/mol. The number of hydrogen-bond acceptors (Lipinski definition) is 3. The van der Waals surface area contributed by atoms with Crippen molar-refractivity contribution in [3.05, 3.63) is 18.5 Å². The van der Waals surface area contributed by atoms with Crippen LogP contribution in [0.5, 0.6) is 0 Å². The van der Waals surface area contributed by atoms with Gasteiger partial charge in [0.1, 0.15) is 0 Å². The summed E-state index contributed by atoms with van der Waals surface area (Å²) in [5.41, 5.74) is 2.21. The molecule has 0 bridgehead atoms. The number of aromatic nitrogens is 1. The lowest BCUT2D eigenvalue weighted by Gasteiger charge is -2.07. The van der Waals surface area contributed by atoms with E-state index in [1.807, 2.05) is 12.4 Å². The van der Waals surface area contributed by atoms with Gasteiger partial charge in [-0.25, -0.2) is 0 Å². The molecule has 1 aromatic rings. The first kappa shape index (κ1) is 9.31. The number of anilines is 2. The van der Waals surface area contributed by atoms with Crippen molar-refractivity contribution in [1.82, 2.24) is 4.98 Å². The highest BCUT2D eigenvalue weighted by atomic mass is 14.9. The fourth-order valence-corrected chi connectivity index (χ4v) is 1.42. The van der Waals surface area contributed by atoms with E-state index >= 15 is 0 Å². The molecule has 0 atom stereocenters. The number of nitrogens with one attached hydrogen (secondary N) is 2. The van der Waals surface area contributed by atoms with Gasteiger partial charge in [0, 0.05) is 13.1 Å². The van der Waals surface area contributed by atoms with Crippen molar-refractivity contribution in [1.29, 1.82) is 0 Å². The van der Waals surface area contributed by atoms with E-state index in [0.29, 0.717) is 0 Å². The Labute approximate surface area is 84.9 Å². The van der Waals surface area contributed by atoms with E-state index in [4.69, 9.17) is 0 Å². The third-order valence-corrected chi connectivity index (χ3v) is 2.41. The molecule has 0 aliphatic heterocycles. The molecule has 0 spiro atoms. The number of nitrogens with zero attached hydrogens (tertiary/aromatic N) is 1. The molecule has 2 rings (SSSR count). The van der Waals surface area contributed by atoms with E-state index in [1.165, 1.54) is 12.8 Å². The molecule has 0 saturated heterocycles. The zero-order valence-corrected chi connectivity index (χ0v) is 8.59. The second-order valence-electron chi connectivity index (χ2n) is 3.82. The summed E-state index contributed by atoms with van der Waals surface area (Å²) in [6.45, 7) is 4.12. The SMILES string of the molecule is CCNc1cncc(NCC2CC2)c1. The van der Waals surface area contributed by atoms with Crippen molar-refractivity contribution >= 4 is 11.4 Å². The molecular weight excluding hydrogens is 174 g/mol. The Morgan fingerprint density at radius 2 is 2.00 bits per heavy atom. The second kappa shape index (κ2) is 4.31. The lowest BCUT2D eigenvalue weighted by atomic mass is 10.3. The van der Waals surface area contributed by atoms with Gasteiger partial charge in [-0.3, -0.25) is 4.98 Å². The minimum atomic E-state index is 0.901. The zero-order valence-electron chi connectivity index (χ0n) is 8.59. The fraction of sp³-hybridized carbons (Fsp3) is 0.545. The van der Waals surface area contributed by atoms with Crippen LogP contribution in [0.15, 0.2) is 18.5 Å². The van der Waals surface area contributed by atoms with Crippen molar-refractivity contribution in [3.63, 3.8) is 0 Å². The van der Waals surface area contributed by atoms with Gasteiger partial charge in [-0.2, -0.15) is 0 Å². The molecule has 0 unspecified atom stereocenters. The highest BCUT2D eigenvalue weighted by Gasteiger charge is 2.20. The highest BCUT2D eigenvalue weighted by molar-refractivity contribution is 5.53. The van der Waals surface area contributed by atoms with Gasteiger partial charge >= 0.3 is 0 Å². The second-order valence-corrected chi connectivity index (χ2v) is 3.82. The molecule has 3 nitrogen and oxygen atoms in total. The molecule has 1 aliphatic rings. The molecule has 0 aromatic carbocycles. The molecule has 2 N–H and O–H groups in total. The molecule has 0 amide bonds. The Balaban J connectivity index is 1.90. The summed E-state index contributed by atoms with van der Waals surface area (Å²) in [4.78, 5) is 4.18. The van der Waals surface area contributed by atoms with Crippen molar-refractivity contribution in [2.45, 2.75) is 19.8 Å². The summed E-state index contributed by atoms with van der Waals surface area (Å²) in [7, 11) is 0. The summed E-state index contributed by atoms with van der Waals surface area (Å²) < 4.78 is 0. The van der Waals surface area contributed by atoms with Gasteiger partial charge in [0.25, 0.3) is 0 Å². The molecule has 14 heavy (non-hydrogen) atoms. The van der Waals surface area contributed by atoms with Crippen LogP contribution in [-0.4, -0.2) is 18.1 Å². The van der Waals surface area contributed by atoms with Gasteiger partial charge in [-0.1, -0.05) is 0 Å². The van der Waals surface area contributed by atoms with E-state index in [2.05, 4.69) is 28.6 Å². The van der Waals surface area contributed by atoms with Crippen LogP contribution in [0.3, 0.4) is 0 Å². The van der Waals surface area contributed by atoms with E-state index in [9.17, 15) is 0 Å². The quantitative estimate of drug-likeness (QED) is 0.750. The van der Waals surface area contributed by atoms with Gasteiger partial charge in [-0.05, 0) is 31.7 Å². The lowest BCUT2D eigenvalue weighted by molar-refractivity contribution is 0.888. The van der Waals surface area contributed by atoms with Crippen LogP contribution in [-0.2, 0) is 0 Å². The van der Waals surface area contributed by atoms with Gasteiger partial charge < -0.3 is 10.6 Å².